The van der Waals surface area contributed by atoms with Crippen LogP contribution in [0.15, 0.2) is 28.7 Å². The van der Waals surface area contributed by atoms with Crippen molar-refractivity contribution >= 4 is 22.0 Å². The Morgan fingerprint density at radius 2 is 2.13 bits per heavy atom. The van der Waals surface area contributed by atoms with E-state index in [9.17, 15) is 18.0 Å². The van der Waals surface area contributed by atoms with Gasteiger partial charge in [0.1, 0.15) is 0 Å². The van der Waals surface area contributed by atoms with Crippen LogP contribution in [0.3, 0.4) is 0 Å². The van der Waals surface area contributed by atoms with Crippen molar-refractivity contribution in [2.24, 2.45) is 5.92 Å². The van der Waals surface area contributed by atoms with Crippen molar-refractivity contribution in [3.05, 3.63) is 34.3 Å². The molecule has 1 unspecified atom stereocenters. The molecule has 2 rings (SSSR count). The number of rotatable bonds is 5. The monoisotopic (exact) mass is 393 g/mol. The van der Waals surface area contributed by atoms with Gasteiger partial charge >= 0.3 is 12.2 Å². The van der Waals surface area contributed by atoms with Crippen LogP contribution in [0.5, 0.6) is 0 Å². The van der Waals surface area contributed by atoms with Gasteiger partial charge in [0.15, 0.2) is 0 Å². The molecule has 8 heteroatoms. The van der Waals surface area contributed by atoms with Gasteiger partial charge in [0.2, 0.25) is 0 Å². The number of carbonyl (C=O) groups is 1. The van der Waals surface area contributed by atoms with Crippen LogP contribution in [0, 0.1) is 5.92 Å². The number of nitrogens with one attached hydrogen (secondary N) is 2. The van der Waals surface area contributed by atoms with Gasteiger partial charge in [-0.3, -0.25) is 4.90 Å². The number of nitrogens with zero attached hydrogens (tertiary/aromatic N) is 1. The summed E-state index contributed by atoms with van der Waals surface area (Å²) in [6.07, 6.45) is -3.49. The summed E-state index contributed by atoms with van der Waals surface area (Å²) in [5.41, 5.74) is 0.965. The quantitative estimate of drug-likeness (QED) is 0.806. The van der Waals surface area contributed by atoms with E-state index in [0.717, 1.165) is 10.0 Å². The van der Waals surface area contributed by atoms with Crippen LogP contribution in [0.25, 0.3) is 0 Å². The van der Waals surface area contributed by atoms with Crippen molar-refractivity contribution in [3.63, 3.8) is 0 Å². The lowest BCUT2D eigenvalue weighted by Gasteiger charge is -2.18. The van der Waals surface area contributed by atoms with E-state index in [2.05, 4.69) is 26.6 Å². The van der Waals surface area contributed by atoms with Crippen LogP contribution in [0.4, 0.5) is 18.0 Å². The molecule has 1 heterocycles. The molecule has 1 aromatic rings. The lowest BCUT2D eigenvalue weighted by atomic mass is 10.1. The van der Waals surface area contributed by atoms with Gasteiger partial charge < -0.3 is 10.6 Å². The predicted octanol–water partition coefficient (Wildman–Crippen LogP) is 3.13. The van der Waals surface area contributed by atoms with E-state index in [0.29, 0.717) is 32.6 Å². The van der Waals surface area contributed by atoms with E-state index in [-0.39, 0.29) is 11.9 Å². The Bertz CT molecular complexity index is 539. The second-order valence-corrected chi connectivity index (χ2v) is 6.61. The van der Waals surface area contributed by atoms with Crippen molar-refractivity contribution in [3.8, 4) is 0 Å². The molecule has 0 bridgehead atoms. The Kier molecular flexibility index (Phi) is 6.29. The Morgan fingerprint density at radius 1 is 1.35 bits per heavy atom. The lowest BCUT2D eigenvalue weighted by Crippen LogP contribution is -2.39. The molecule has 2 amide bonds. The van der Waals surface area contributed by atoms with Gasteiger partial charge in [0, 0.05) is 24.1 Å². The first-order chi connectivity index (χ1) is 10.8. The van der Waals surface area contributed by atoms with Crippen molar-refractivity contribution in [1.29, 1.82) is 0 Å². The molecule has 0 saturated carbocycles. The normalized spacial score (nSPS) is 18.9. The summed E-state index contributed by atoms with van der Waals surface area (Å²) in [5.74, 6) is 0.0639. The Morgan fingerprint density at radius 3 is 2.83 bits per heavy atom. The molecule has 0 aliphatic carbocycles. The molecule has 2 N–H and O–H groups in total. The predicted molar refractivity (Wildman–Crippen MR) is 85.0 cm³/mol. The maximum absolute atomic E-state index is 12.3. The van der Waals surface area contributed by atoms with Gasteiger partial charge in [-0.1, -0.05) is 28.1 Å². The van der Waals surface area contributed by atoms with Crippen LogP contribution >= 0.6 is 15.9 Å². The summed E-state index contributed by atoms with van der Waals surface area (Å²) >= 11 is 3.36. The maximum atomic E-state index is 12.3. The fraction of sp³-hybridized carbons (Fsp3) is 0.533. The van der Waals surface area contributed by atoms with Gasteiger partial charge in [-0.2, -0.15) is 13.2 Å². The zero-order valence-electron chi connectivity index (χ0n) is 12.5. The summed E-state index contributed by atoms with van der Waals surface area (Å²) in [4.78, 5) is 13.1. The summed E-state index contributed by atoms with van der Waals surface area (Å²) in [6.45, 7) is 0.699. The number of alkyl halides is 3. The number of benzene rings is 1. The average molecular weight is 394 g/mol. The fourth-order valence-corrected chi connectivity index (χ4v) is 3.05. The minimum atomic E-state index is -4.16. The average Bonchev–Trinajstić information content (AvgIpc) is 2.88. The second-order valence-electron chi connectivity index (χ2n) is 5.70. The smallest absolute Gasteiger partial charge is 0.338 e. The minimum absolute atomic E-state index is 0.0639. The SMILES string of the molecule is O=C(NCc1cccc(Br)c1)NCC1CCN(CC(F)(F)F)C1. The van der Waals surface area contributed by atoms with Crippen LogP contribution < -0.4 is 10.6 Å². The molecule has 0 spiro atoms. The third-order valence-corrected chi connectivity index (χ3v) is 4.16. The van der Waals surface area contributed by atoms with Crippen LogP contribution in [-0.4, -0.2) is 43.3 Å². The zero-order chi connectivity index (χ0) is 16.9. The van der Waals surface area contributed by atoms with Crippen LogP contribution in [-0.2, 0) is 6.54 Å². The van der Waals surface area contributed by atoms with Gasteiger partial charge in [0.05, 0.1) is 6.54 Å². The number of halogens is 4. The number of hydrogen-bond donors (Lipinski definition) is 2. The molecule has 1 saturated heterocycles. The number of carbonyl (C=O) groups excluding carboxylic acids is 1. The van der Waals surface area contributed by atoms with Gasteiger partial charge in [-0.25, -0.2) is 4.79 Å². The molecular weight excluding hydrogens is 375 g/mol. The largest absolute Gasteiger partial charge is 0.401 e. The van der Waals surface area contributed by atoms with Crippen LogP contribution in [0.1, 0.15) is 12.0 Å². The van der Waals surface area contributed by atoms with E-state index < -0.39 is 12.7 Å². The number of amides is 2. The van der Waals surface area contributed by atoms with Gasteiger partial charge in [-0.15, -0.1) is 0 Å². The molecule has 128 valence electrons. The van der Waals surface area contributed by atoms with Crippen molar-refractivity contribution < 1.29 is 18.0 Å². The fourth-order valence-electron chi connectivity index (χ4n) is 2.61. The van der Waals surface area contributed by atoms with E-state index in [1.54, 1.807) is 0 Å². The third kappa shape index (κ3) is 6.78. The van der Waals surface area contributed by atoms with Gasteiger partial charge in [0.25, 0.3) is 0 Å². The minimum Gasteiger partial charge on any atom is -0.338 e. The Hall–Kier alpha value is -1.28. The third-order valence-electron chi connectivity index (χ3n) is 3.67. The Balaban J connectivity index is 1.65. The molecule has 1 aliphatic heterocycles. The summed E-state index contributed by atoms with van der Waals surface area (Å²) in [5, 5.41) is 5.46. The highest BCUT2D eigenvalue weighted by Crippen LogP contribution is 2.22. The summed E-state index contributed by atoms with van der Waals surface area (Å²) in [7, 11) is 0. The van der Waals surface area contributed by atoms with E-state index >= 15 is 0 Å². The van der Waals surface area contributed by atoms with Crippen molar-refractivity contribution in [1.82, 2.24) is 15.5 Å². The standard InChI is InChI=1S/C15H19BrF3N3O/c16-13-3-1-2-11(6-13)7-20-14(23)21-8-12-4-5-22(9-12)10-15(17,18)19/h1-3,6,12H,4-5,7-10H2,(H2,20,21,23). The highest BCUT2D eigenvalue weighted by molar-refractivity contribution is 9.10. The second kappa shape index (κ2) is 8.01. The number of likely N-dealkylation sites (tertiary alicyclic amines) is 1. The van der Waals surface area contributed by atoms with E-state index in [4.69, 9.17) is 0 Å². The molecule has 0 radical (unpaired) electrons. The molecular formula is C15H19BrF3N3O. The number of hydrogen-bond acceptors (Lipinski definition) is 2. The highest BCUT2D eigenvalue weighted by Gasteiger charge is 2.34. The highest BCUT2D eigenvalue weighted by atomic mass is 79.9. The lowest BCUT2D eigenvalue weighted by molar-refractivity contribution is -0.143. The summed E-state index contributed by atoms with van der Waals surface area (Å²) < 4.78 is 37.9. The number of urea groups is 1. The first-order valence-electron chi connectivity index (χ1n) is 7.37. The first-order valence-corrected chi connectivity index (χ1v) is 8.16. The zero-order valence-corrected chi connectivity index (χ0v) is 14.1. The molecule has 4 nitrogen and oxygen atoms in total. The van der Waals surface area contributed by atoms with Gasteiger partial charge in [-0.05, 0) is 36.6 Å². The molecule has 0 aromatic heterocycles. The van der Waals surface area contributed by atoms with Crippen LogP contribution in [0.2, 0.25) is 0 Å². The summed E-state index contributed by atoms with van der Waals surface area (Å²) in [6, 6.07) is 7.28. The molecule has 1 atom stereocenters. The maximum Gasteiger partial charge on any atom is 0.401 e. The molecule has 1 aromatic carbocycles. The van der Waals surface area contributed by atoms with Crippen molar-refractivity contribution in [2.45, 2.75) is 19.1 Å². The first kappa shape index (κ1) is 18.1. The van der Waals surface area contributed by atoms with Crippen molar-refractivity contribution in [2.75, 3.05) is 26.2 Å². The molecule has 1 fully saturated rings. The topological polar surface area (TPSA) is 44.4 Å². The van der Waals surface area contributed by atoms with E-state index in [1.165, 1.54) is 4.90 Å². The molecule has 1 aliphatic rings. The molecule has 23 heavy (non-hydrogen) atoms. The Labute approximate surface area is 141 Å². The van der Waals surface area contributed by atoms with E-state index in [1.807, 2.05) is 24.3 Å².